The van der Waals surface area contributed by atoms with E-state index in [-0.39, 0.29) is 6.10 Å². The summed E-state index contributed by atoms with van der Waals surface area (Å²) in [5, 5.41) is 0. The van der Waals surface area contributed by atoms with Crippen LogP contribution in [0.5, 0.6) is 0 Å². The monoisotopic (exact) mass is 291 g/mol. The quantitative estimate of drug-likeness (QED) is 0.725. The minimum Gasteiger partial charge on any atom is -0.378 e. The predicted octanol–water partition coefficient (Wildman–Crippen LogP) is 0.0606. The van der Waals surface area contributed by atoms with Gasteiger partial charge in [-0.1, -0.05) is 0 Å². The summed E-state index contributed by atoms with van der Waals surface area (Å²) in [6, 6.07) is 0. The van der Waals surface area contributed by atoms with Crippen molar-refractivity contribution in [3.8, 4) is 0 Å². The van der Waals surface area contributed by atoms with Crippen LogP contribution in [0, 0.1) is 5.92 Å². The zero-order valence-electron chi connectivity index (χ0n) is 11.4. The van der Waals surface area contributed by atoms with Gasteiger partial charge in [-0.15, -0.1) is 0 Å². The van der Waals surface area contributed by atoms with Crippen LogP contribution in [0.4, 0.5) is 0 Å². The van der Waals surface area contributed by atoms with Crippen molar-refractivity contribution in [1.29, 1.82) is 0 Å². The topological polar surface area (TPSA) is 84.7 Å². The highest BCUT2D eigenvalue weighted by Crippen LogP contribution is 2.18. The van der Waals surface area contributed by atoms with Crippen LogP contribution in [0.1, 0.15) is 32.1 Å². The fourth-order valence-electron chi connectivity index (χ4n) is 2.75. The van der Waals surface area contributed by atoms with Crippen LogP contribution in [0.3, 0.4) is 0 Å². The number of nitrogens with zero attached hydrogens (tertiary/aromatic N) is 1. The normalized spacial score (nSPS) is 29.7. The molecular weight excluding hydrogens is 266 g/mol. The Morgan fingerprint density at radius 1 is 1.32 bits per heavy atom. The maximum absolute atomic E-state index is 12.2. The Kier molecular flexibility index (Phi) is 5.58. The van der Waals surface area contributed by atoms with Crippen molar-refractivity contribution < 1.29 is 13.2 Å². The fourth-order valence-corrected chi connectivity index (χ4v) is 4.08. The molecule has 3 N–H and O–H groups in total. The molecule has 0 bridgehead atoms. The lowest BCUT2D eigenvalue weighted by Gasteiger charge is -2.31. The maximum Gasteiger partial charge on any atom is 0.279 e. The molecule has 2 fully saturated rings. The number of piperidine rings is 1. The van der Waals surface area contributed by atoms with E-state index in [1.807, 2.05) is 0 Å². The van der Waals surface area contributed by atoms with Gasteiger partial charge >= 0.3 is 0 Å². The van der Waals surface area contributed by atoms with E-state index in [0.29, 0.717) is 32.1 Å². The van der Waals surface area contributed by atoms with Gasteiger partial charge in [-0.05, 0) is 44.6 Å². The molecule has 2 aliphatic heterocycles. The average molecular weight is 291 g/mol. The number of nitrogens with two attached hydrogens (primary N) is 1. The van der Waals surface area contributed by atoms with E-state index >= 15 is 0 Å². The third-order valence-electron chi connectivity index (χ3n) is 3.93. The van der Waals surface area contributed by atoms with Crippen molar-refractivity contribution >= 4 is 10.2 Å². The van der Waals surface area contributed by atoms with Gasteiger partial charge in [0.2, 0.25) is 0 Å². The Balaban J connectivity index is 1.76. The van der Waals surface area contributed by atoms with Gasteiger partial charge in [0, 0.05) is 26.2 Å². The summed E-state index contributed by atoms with van der Waals surface area (Å²) in [5.41, 5.74) is 5.63. The van der Waals surface area contributed by atoms with Gasteiger partial charge in [0.1, 0.15) is 0 Å². The fraction of sp³-hybridized carbons (Fsp3) is 1.00. The third kappa shape index (κ3) is 4.39. The second-order valence-corrected chi connectivity index (χ2v) is 7.18. The Bertz CT molecular complexity index is 368. The van der Waals surface area contributed by atoms with Gasteiger partial charge in [-0.2, -0.15) is 12.7 Å². The van der Waals surface area contributed by atoms with Crippen LogP contribution in [0.25, 0.3) is 0 Å². The predicted molar refractivity (Wildman–Crippen MR) is 73.9 cm³/mol. The molecule has 2 aliphatic rings. The van der Waals surface area contributed by atoms with Crippen LogP contribution in [-0.2, 0) is 14.9 Å². The molecule has 2 heterocycles. The first-order chi connectivity index (χ1) is 9.12. The molecule has 0 aromatic heterocycles. The first kappa shape index (κ1) is 15.2. The lowest BCUT2D eigenvalue weighted by molar-refractivity contribution is 0.105. The smallest absolute Gasteiger partial charge is 0.279 e. The minimum absolute atomic E-state index is 0.223. The zero-order chi connectivity index (χ0) is 13.7. The summed E-state index contributed by atoms with van der Waals surface area (Å²) in [6.07, 6.45) is 5.03. The second-order valence-electron chi connectivity index (χ2n) is 5.43. The molecule has 0 aliphatic carbocycles. The van der Waals surface area contributed by atoms with Crippen molar-refractivity contribution in [3.63, 3.8) is 0 Å². The lowest BCUT2D eigenvalue weighted by atomic mass is 10.0. The summed E-state index contributed by atoms with van der Waals surface area (Å²) in [6.45, 7) is 2.97. The summed E-state index contributed by atoms with van der Waals surface area (Å²) in [5.74, 6) is 0.295. The van der Waals surface area contributed by atoms with Gasteiger partial charge in [-0.3, -0.25) is 0 Å². The standard InChI is InChI=1S/C12H25N3O3S/c13-9-11-3-1-7-15(10-11)19(16,17)14-6-5-12-4-2-8-18-12/h11-12,14H,1-10,13H2. The zero-order valence-corrected chi connectivity index (χ0v) is 12.2. The SMILES string of the molecule is NCC1CCCN(S(=O)(=O)NCCC2CCCO2)C1. The van der Waals surface area contributed by atoms with Gasteiger partial charge in [0.25, 0.3) is 10.2 Å². The summed E-state index contributed by atoms with van der Waals surface area (Å²) >= 11 is 0. The molecule has 0 spiro atoms. The maximum atomic E-state index is 12.2. The van der Waals surface area contributed by atoms with E-state index in [0.717, 1.165) is 38.7 Å². The van der Waals surface area contributed by atoms with Crippen LogP contribution < -0.4 is 10.5 Å². The van der Waals surface area contributed by atoms with Crippen molar-refractivity contribution in [1.82, 2.24) is 9.03 Å². The molecule has 19 heavy (non-hydrogen) atoms. The van der Waals surface area contributed by atoms with Crippen LogP contribution in [-0.4, -0.2) is 51.6 Å². The molecule has 0 aromatic carbocycles. The highest BCUT2D eigenvalue weighted by Gasteiger charge is 2.28. The summed E-state index contributed by atoms with van der Waals surface area (Å²) < 4.78 is 34.0. The van der Waals surface area contributed by atoms with Crippen LogP contribution >= 0.6 is 0 Å². The molecular formula is C12H25N3O3S. The first-order valence-electron chi connectivity index (χ1n) is 7.18. The van der Waals surface area contributed by atoms with Crippen molar-refractivity contribution in [2.75, 3.05) is 32.8 Å². The Morgan fingerprint density at radius 2 is 2.16 bits per heavy atom. The van der Waals surface area contributed by atoms with Gasteiger partial charge in [-0.25, -0.2) is 4.72 Å². The summed E-state index contributed by atoms with van der Waals surface area (Å²) in [4.78, 5) is 0. The van der Waals surface area contributed by atoms with Crippen molar-refractivity contribution in [2.24, 2.45) is 11.7 Å². The number of ether oxygens (including phenoxy) is 1. The number of hydrogen-bond donors (Lipinski definition) is 2. The van der Waals surface area contributed by atoms with E-state index < -0.39 is 10.2 Å². The third-order valence-corrected chi connectivity index (χ3v) is 5.51. The molecule has 2 atom stereocenters. The van der Waals surface area contributed by atoms with Gasteiger partial charge < -0.3 is 10.5 Å². The summed E-state index contributed by atoms with van der Waals surface area (Å²) in [7, 11) is -3.35. The Morgan fingerprint density at radius 3 is 2.84 bits per heavy atom. The Labute approximate surface area is 115 Å². The molecule has 0 saturated carbocycles. The molecule has 0 amide bonds. The number of nitrogens with one attached hydrogen (secondary N) is 1. The number of rotatable bonds is 6. The molecule has 0 aromatic rings. The van der Waals surface area contributed by atoms with Gasteiger partial charge in [0.15, 0.2) is 0 Å². The molecule has 2 rings (SSSR count). The first-order valence-corrected chi connectivity index (χ1v) is 8.62. The molecule has 2 saturated heterocycles. The van der Waals surface area contributed by atoms with Gasteiger partial charge in [0.05, 0.1) is 6.10 Å². The van der Waals surface area contributed by atoms with Crippen LogP contribution in [0.15, 0.2) is 0 Å². The van der Waals surface area contributed by atoms with E-state index in [1.54, 1.807) is 0 Å². The molecule has 7 heteroatoms. The lowest BCUT2D eigenvalue weighted by Crippen LogP contribution is -2.47. The highest BCUT2D eigenvalue weighted by atomic mass is 32.2. The van der Waals surface area contributed by atoms with E-state index in [2.05, 4.69) is 4.72 Å². The minimum atomic E-state index is -3.35. The largest absolute Gasteiger partial charge is 0.378 e. The second kappa shape index (κ2) is 6.99. The number of hydrogen-bond acceptors (Lipinski definition) is 4. The molecule has 6 nitrogen and oxygen atoms in total. The van der Waals surface area contributed by atoms with E-state index in [1.165, 1.54) is 4.31 Å². The Hall–Kier alpha value is -0.210. The van der Waals surface area contributed by atoms with Crippen molar-refractivity contribution in [2.45, 2.75) is 38.2 Å². The van der Waals surface area contributed by atoms with E-state index in [4.69, 9.17) is 10.5 Å². The van der Waals surface area contributed by atoms with Crippen molar-refractivity contribution in [3.05, 3.63) is 0 Å². The highest BCUT2D eigenvalue weighted by molar-refractivity contribution is 7.87. The molecule has 2 unspecified atom stereocenters. The van der Waals surface area contributed by atoms with Crippen LogP contribution in [0.2, 0.25) is 0 Å². The van der Waals surface area contributed by atoms with E-state index in [9.17, 15) is 8.42 Å². The molecule has 0 radical (unpaired) electrons. The molecule has 112 valence electrons. The average Bonchev–Trinajstić information content (AvgIpc) is 2.92.